The fraction of sp³-hybridized carbons (Fsp3) is 0.364. The molecule has 1 aromatic carbocycles. The third-order valence-corrected chi connectivity index (χ3v) is 7.50. The Hall–Kier alpha value is -2.29. The topological polar surface area (TPSA) is 67.9 Å². The minimum absolute atomic E-state index is 0.503. The summed E-state index contributed by atoms with van der Waals surface area (Å²) < 4.78 is 6.00. The van der Waals surface area contributed by atoms with Crippen LogP contribution in [0.4, 0.5) is 0 Å². The van der Waals surface area contributed by atoms with E-state index in [2.05, 4.69) is 28.9 Å². The fourth-order valence-corrected chi connectivity index (χ4v) is 5.78. The van der Waals surface area contributed by atoms with Gasteiger partial charge in [-0.2, -0.15) is 0 Å². The molecule has 5 rings (SSSR count). The van der Waals surface area contributed by atoms with Crippen LogP contribution in [-0.2, 0) is 6.54 Å². The molecule has 1 fully saturated rings. The first kappa shape index (κ1) is 19.7. The number of hydrogen-bond acceptors (Lipinski definition) is 8. The van der Waals surface area contributed by atoms with Gasteiger partial charge in [0.2, 0.25) is 5.89 Å². The average molecular weight is 438 g/mol. The van der Waals surface area contributed by atoms with Crippen molar-refractivity contribution >= 4 is 33.3 Å². The molecule has 0 atom stereocenters. The Morgan fingerprint density at radius 1 is 1.07 bits per heavy atom. The number of hydrogen-bond donors (Lipinski definition) is 0. The van der Waals surface area contributed by atoms with E-state index in [0.717, 1.165) is 51.8 Å². The molecule has 0 aliphatic carbocycles. The maximum atomic E-state index is 6.00. The largest absolute Gasteiger partial charge is 0.411 e. The Labute approximate surface area is 183 Å². The van der Waals surface area contributed by atoms with Crippen LogP contribution in [0.3, 0.4) is 0 Å². The van der Waals surface area contributed by atoms with Crippen LogP contribution >= 0.6 is 23.1 Å². The molecule has 30 heavy (non-hydrogen) atoms. The average Bonchev–Trinajstić information content (AvgIpc) is 3.45. The molecule has 6 nitrogen and oxygen atoms in total. The summed E-state index contributed by atoms with van der Waals surface area (Å²) in [7, 11) is 0. The molecule has 1 aliphatic heterocycles. The smallest absolute Gasteiger partial charge is 0.283 e. The molecule has 0 radical (unpaired) electrons. The minimum atomic E-state index is 0.503. The van der Waals surface area contributed by atoms with E-state index < -0.39 is 0 Å². The van der Waals surface area contributed by atoms with E-state index in [1.807, 2.05) is 31.2 Å². The second-order valence-corrected chi connectivity index (χ2v) is 9.83. The van der Waals surface area contributed by atoms with Gasteiger partial charge in [-0.05, 0) is 75.7 Å². The van der Waals surface area contributed by atoms with Gasteiger partial charge in [0.15, 0.2) is 0 Å². The maximum Gasteiger partial charge on any atom is 0.283 e. The summed E-state index contributed by atoms with van der Waals surface area (Å²) >= 11 is 3.16. The third kappa shape index (κ3) is 3.75. The van der Waals surface area contributed by atoms with Crippen LogP contribution in [0.2, 0.25) is 0 Å². The lowest BCUT2D eigenvalue weighted by Gasteiger charge is -2.13. The molecule has 0 amide bonds. The molecule has 0 unspecified atom stereocenters. The SMILES string of the molecule is Cc1ccccc1-c1nnc(Sc2nc(CN3CCCC3)nc3sc(C)c(C)c23)o1. The number of likely N-dealkylation sites (tertiary alicyclic amines) is 1. The zero-order valence-electron chi connectivity index (χ0n) is 17.3. The van der Waals surface area contributed by atoms with Crippen molar-refractivity contribution in [3.05, 3.63) is 46.1 Å². The number of benzene rings is 1. The Bertz CT molecular complexity index is 1210. The molecule has 0 saturated carbocycles. The molecule has 0 N–H and O–H groups in total. The van der Waals surface area contributed by atoms with Crippen molar-refractivity contribution in [2.24, 2.45) is 0 Å². The molecule has 4 aromatic rings. The molecular weight excluding hydrogens is 414 g/mol. The lowest BCUT2D eigenvalue weighted by Crippen LogP contribution is -2.20. The van der Waals surface area contributed by atoms with E-state index in [9.17, 15) is 0 Å². The van der Waals surface area contributed by atoms with Gasteiger partial charge in [0.1, 0.15) is 15.7 Å². The van der Waals surface area contributed by atoms with Crippen molar-refractivity contribution in [1.29, 1.82) is 0 Å². The predicted molar refractivity (Wildman–Crippen MR) is 120 cm³/mol. The van der Waals surface area contributed by atoms with Gasteiger partial charge in [0, 0.05) is 15.8 Å². The second kappa shape index (κ2) is 8.09. The van der Waals surface area contributed by atoms with Gasteiger partial charge in [0.05, 0.1) is 6.54 Å². The summed E-state index contributed by atoms with van der Waals surface area (Å²) in [6.45, 7) is 9.35. The molecule has 1 aliphatic rings. The monoisotopic (exact) mass is 437 g/mol. The summed E-state index contributed by atoms with van der Waals surface area (Å²) in [6.07, 6.45) is 2.51. The maximum absolute atomic E-state index is 6.00. The number of aromatic nitrogens is 4. The number of fused-ring (bicyclic) bond motifs is 1. The number of aryl methyl sites for hydroxylation is 3. The van der Waals surface area contributed by atoms with E-state index >= 15 is 0 Å². The van der Waals surface area contributed by atoms with E-state index in [0.29, 0.717) is 11.1 Å². The Morgan fingerprint density at radius 3 is 2.67 bits per heavy atom. The van der Waals surface area contributed by atoms with Crippen LogP contribution < -0.4 is 0 Å². The van der Waals surface area contributed by atoms with Crippen molar-refractivity contribution < 1.29 is 4.42 Å². The Kier molecular flexibility index (Phi) is 5.30. The first-order valence-electron chi connectivity index (χ1n) is 10.1. The van der Waals surface area contributed by atoms with Gasteiger partial charge in [-0.15, -0.1) is 21.5 Å². The summed E-state index contributed by atoms with van der Waals surface area (Å²) in [5.41, 5.74) is 3.30. The summed E-state index contributed by atoms with van der Waals surface area (Å²) in [4.78, 5) is 14.5. The van der Waals surface area contributed by atoms with Crippen molar-refractivity contribution in [3.8, 4) is 11.5 Å². The standard InChI is InChI=1S/C22H23N5OS2/c1-13-8-4-5-9-16(13)19-25-26-22(28-19)30-21-18-14(2)15(3)29-20(18)23-17(24-21)12-27-10-6-7-11-27/h4-5,8-9H,6-7,10-12H2,1-3H3. The minimum Gasteiger partial charge on any atom is -0.411 e. The zero-order valence-corrected chi connectivity index (χ0v) is 18.9. The Morgan fingerprint density at radius 2 is 1.87 bits per heavy atom. The molecule has 3 aromatic heterocycles. The molecule has 0 bridgehead atoms. The van der Waals surface area contributed by atoms with Crippen LogP contribution in [0.15, 0.2) is 38.9 Å². The summed E-state index contributed by atoms with van der Waals surface area (Å²) in [6, 6.07) is 8.03. The Balaban J connectivity index is 1.50. The molecule has 8 heteroatoms. The fourth-order valence-electron chi connectivity index (χ4n) is 3.80. The highest BCUT2D eigenvalue weighted by Gasteiger charge is 2.20. The van der Waals surface area contributed by atoms with Gasteiger partial charge in [0.25, 0.3) is 5.22 Å². The van der Waals surface area contributed by atoms with Crippen LogP contribution in [0.25, 0.3) is 21.7 Å². The van der Waals surface area contributed by atoms with E-state index in [1.165, 1.54) is 35.0 Å². The molecular formula is C22H23N5OS2. The lowest BCUT2D eigenvalue weighted by molar-refractivity contribution is 0.322. The highest BCUT2D eigenvalue weighted by molar-refractivity contribution is 7.99. The zero-order chi connectivity index (χ0) is 20.7. The molecule has 4 heterocycles. The van der Waals surface area contributed by atoms with Crippen LogP contribution in [0.1, 0.15) is 34.7 Å². The van der Waals surface area contributed by atoms with Gasteiger partial charge in [-0.25, -0.2) is 9.97 Å². The van der Waals surface area contributed by atoms with E-state index in [1.54, 1.807) is 11.3 Å². The van der Waals surface area contributed by atoms with E-state index in [-0.39, 0.29) is 0 Å². The first-order valence-corrected chi connectivity index (χ1v) is 11.8. The van der Waals surface area contributed by atoms with Gasteiger partial charge >= 0.3 is 0 Å². The number of thiophene rings is 1. The van der Waals surface area contributed by atoms with Crippen molar-refractivity contribution in [2.45, 2.75) is 50.4 Å². The highest BCUT2D eigenvalue weighted by Crippen LogP contribution is 2.38. The van der Waals surface area contributed by atoms with Crippen LogP contribution in [0.5, 0.6) is 0 Å². The van der Waals surface area contributed by atoms with Crippen molar-refractivity contribution in [2.75, 3.05) is 13.1 Å². The highest BCUT2D eigenvalue weighted by atomic mass is 32.2. The van der Waals surface area contributed by atoms with Gasteiger partial charge < -0.3 is 4.42 Å². The third-order valence-electron chi connectivity index (χ3n) is 5.57. The molecule has 154 valence electrons. The van der Waals surface area contributed by atoms with Gasteiger partial charge in [-0.1, -0.05) is 18.2 Å². The first-order chi connectivity index (χ1) is 14.6. The molecule has 0 spiro atoms. The summed E-state index contributed by atoms with van der Waals surface area (Å²) in [5.74, 6) is 1.41. The van der Waals surface area contributed by atoms with Crippen LogP contribution in [0, 0.1) is 20.8 Å². The van der Waals surface area contributed by atoms with Crippen molar-refractivity contribution in [1.82, 2.24) is 25.1 Å². The lowest BCUT2D eigenvalue weighted by atomic mass is 10.1. The normalized spacial score (nSPS) is 14.8. The summed E-state index contributed by atoms with van der Waals surface area (Å²) in [5, 5.41) is 11.1. The van der Waals surface area contributed by atoms with Crippen LogP contribution in [-0.4, -0.2) is 38.2 Å². The van der Waals surface area contributed by atoms with Gasteiger partial charge in [-0.3, -0.25) is 4.90 Å². The van der Waals surface area contributed by atoms with E-state index in [4.69, 9.17) is 14.4 Å². The predicted octanol–water partition coefficient (Wildman–Crippen LogP) is 5.41. The quantitative estimate of drug-likeness (QED) is 0.387. The number of rotatable bonds is 5. The number of nitrogens with zero attached hydrogens (tertiary/aromatic N) is 5. The second-order valence-electron chi connectivity index (χ2n) is 7.68. The molecule has 1 saturated heterocycles. The van der Waals surface area contributed by atoms with Crippen molar-refractivity contribution in [3.63, 3.8) is 0 Å².